The number of amides is 1. The van der Waals surface area contributed by atoms with E-state index < -0.39 is 0 Å². The summed E-state index contributed by atoms with van der Waals surface area (Å²) in [4.78, 5) is 13.1. The summed E-state index contributed by atoms with van der Waals surface area (Å²) in [5, 5.41) is 4.33. The Morgan fingerprint density at radius 1 is 1.62 bits per heavy atom. The molecule has 16 heavy (non-hydrogen) atoms. The third kappa shape index (κ3) is 2.86. The first kappa shape index (κ1) is 12.3. The molecule has 4 nitrogen and oxygen atoms in total. The van der Waals surface area contributed by atoms with E-state index in [4.69, 9.17) is 0 Å². The van der Waals surface area contributed by atoms with E-state index in [1.54, 1.807) is 18.9 Å². The van der Waals surface area contributed by atoms with Crippen LogP contribution in [0.3, 0.4) is 0 Å². The van der Waals surface area contributed by atoms with Crippen LogP contribution in [0, 0.1) is 18.8 Å². The Morgan fingerprint density at radius 3 is 2.81 bits per heavy atom. The van der Waals surface area contributed by atoms with Crippen molar-refractivity contribution in [3.05, 3.63) is 17.5 Å². The first-order valence-corrected chi connectivity index (χ1v) is 5.29. The van der Waals surface area contributed by atoms with Crippen molar-refractivity contribution in [1.82, 2.24) is 14.7 Å². The van der Waals surface area contributed by atoms with Gasteiger partial charge in [0.05, 0.1) is 5.69 Å². The van der Waals surface area contributed by atoms with Gasteiger partial charge < -0.3 is 4.90 Å². The standard InChI is InChI=1S/C12H17N3O/c1-5-7-12(16)14(4)8-11-9-15(6-2)13-10(11)3/h9H,6,8H2,1-4H3. The fraction of sp³-hybridized carbons (Fsp3) is 0.500. The summed E-state index contributed by atoms with van der Waals surface area (Å²) in [7, 11) is 1.75. The van der Waals surface area contributed by atoms with Crippen LogP contribution in [0.15, 0.2) is 6.20 Å². The molecule has 0 atom stereocenters. The van der Waals surface area contributed by atoms with E-state index in [1.165, 1.54) is 0 Å². The van der Waals surface area contributed by atoms with Gasteiger partial charge in [-0.15, -0.1) is 0 Å². The molecule has 0 saturated carbocycles. The van der Waals surface area contributed by atoms with Gasteiger partial charge in [0.15, 0.2) is 0 Å². The van der Waals surface area contributed by atoms with Gasteiger partial charge in [-0.05, 0) is 26.7 Å². The Hall–Kier alpha value is -1.76. The molecule has 0 unspecified atom stereocenters. The highest BCUT2D eigenvalue weighted by Crippen LogP contribution is 2.08. The van der Waals surface area contributed by atoms with Crippen LogP contribution in [0.1, 0.15) is 25.1 Å². The molecule has 0 aromatic carbocycles. The molecular weight excluding hydrogens is 202 g/mol. The Bertz CT molecular complexity index is 437. The Labute approximate surface area is 96.2 Å². The Morgan fingerprint density at radius 2 is 2.31 bits per heavy atom. The fourth-order valence-electron chi connectivity index (χ4n) is 1.41. The summed E-state index contributed by atoms with van der Waals surface area (Å²) in [6.45, 7) is 7.04. The molecule has 4 heteroatoms. The van der Waals surface area contributed by atoms with Crippen molar-refractivity contribution in [3.63, 3.8) is 0 Å². The Kier molecular flexibility index (Phi) is 4.12. The summed E-state index contributed by atoms with van der Waals surface area (Å²) in [5.41, 5.74) is 2.03. The highest BCUT2D eigenvalue weighted by atomic mass is 16.2. The second-order valence-corrected chi connectivity index (χ2v) is 3.63. The molecule has 1 aromatic rings. The first-order valence-electron chi connectivity index (χ1n) is 5.29. The summed E-state index contributed by atoms with van der Waals surface area (Å²) in [6, 6.07) is 0. The zero-order chi connectivity index (χ0) is 12.1. The van der Waals surface area contributed by atoms with Crippen LogP contribution in [-0.2, 0) is 17.9 Å². The second kappa shape index (κ2) is 5.36. The lowest BCUT2D eigenvalue weighted by Gasteiger charge is -2.12. The van der Waals surface area contributed by atoms with E-state index >= 15 is 0 Å². The molecule has 1 amide bonds. The van der Waals surface area contributed by atoms with Gasteiger partial charge in [0, 0.05) is 31.9 Å². The molecule has 1 heterocycles. The average Bonchev–Trinajstić information content (AvgIpc) is 2.60. The van der Waals surface area contributed by atoms with Crippen molar-refractivity contribution < 1.29 is 4.79 Å². The van der Waals surface area contributed by atoms with Crippen LogP contribution in [0.5, 0.6) is 0 Å². The maximum Gasteiger partial charge on any atom is 0.298 e. The van der Waals surface area contributed by atoms with E-state index in [9.17, 15) is 4.79 Å². The minimum Gasteiger partial charge on any atom is -0.331 e. The molecule has 1 rings (SSSR count). The fourth-order valence-corrected chi connectivity index (χ4v) is 1.41. The molecule has 0 aliphatic rings. The average molecular weight is 219 g/mol. The molecule has 0 spiro atoms. The van der Waals surface area contributed by atoms with Crippen molar-refractivity contribution in [2.24, 2.45) is 0 Å². The number of rotatable bonds is 3. The van der Waals surface area contributed by atoms with Crippen molar-refractivity contribution >= 4 is 5.91 Å². The van der Waals surface area contributed by atoms with Crippen LogP contribution in [0.4, 0.5) is 0 Å². The van der Waals surface area contributed by atoms with Gasteiger partial charge in [0.25, 0.3) is 5.91 Å². The lowest BCUT2D eigenvalue weighted by atomic mass is 10.2. The van der Waals surface area contributed by atoms with Gasteiger partial charge in [0.2, 0.25) is 0 Å². The first-order chi connectivity index (χ1) is 7.58. The van der Waals surface area contributed by atoms with E-state index in [0.29, 0.717) is 6.54 Å². The number of carbonyl (C=O) groups is 1. The van der Waals surface area contributed by atoms with Gasteiger partial charge in [0.1, 0.15) is 0 Å². The maximum atomic E-state index is 11.5. The van der Waals surface area contributed by atoms with Crippen LogP contribution in [0.25, 0.3) is 0 Å². The lowest BCUT2D eigenvalue weighted by molar-refractivity contribution is -0.124. The number of aryl methyl sites for hydroxylation is 2. The third-order valence-corrected chi connectivity index (χ3v) is 2.36. The molecule has 0 fully saturated rings. The Balaban J connectivity index is 2.74. The number of carbonyl (C=O) groups excluding carboxylic acids is 1. The van der Waals surface area contributed by atoms with Gasteiger partial charge in [-0.25, -0.2) is 0 Å². The number of nitrogens with zero attached hydrogens (tertiary/aromatic N) is 3. The molecule has 0 bridgehead atoms. The minimum absolute atomic E-state index is 0.161. The largest absolute Gasteiger partial charge is 0.331 e. The van der Waals surface area contributed by atoms with E-state index in [1.807, 2.05) is 24.7 Å². The number of hydrogen-bond donors (Lipinski definition) is 0. The second-order valence-electron chi connectivity index (χ2n) is 3.63. The predicted molar refractivity (Wildman–Crippen MR) is 62.6 cm³/mol. The van der Waals surface area contributed by atoms with E-state index in [-0.39, 0.29) is 5.91 Å². The third-order valence-electron chi connectivity index (χ3n) is 2.36. The molecule has 1 aromatic heterocycles. The highest BCUT2D eigenvalue weighted by molar-refractivity contribution is 5.93. The van der Waals surface area contributed by atoms with Crippen LogP contribution in [0.2, 0.25) is 0 Å². The summed E-state index contributed by atoms with van der Waals surface area (Å²) in [5.74, 6) is 4.96. The zero-order valence-electron chi connectivity index (χ0n) is 10.2. The summed E-state index contributed by atoms with van der Waals surface area (Å²) in [6.07, 6.45) is 1.97. The quantitative estimate of drug-likeness (QED) is 0.716. The van der Waals surface area contributed by atoms with E-state index in [0.717, 1.165) is 17.8 Å². The summed E-state index contributed by atoms with van der Waals surface area (Å²) < 4.78 is 1.87. The molecule has 0 radical (unpaired) electrons. The maximum absolute atomic E-state index is 11.5. The monoisotopic (exact) mass is 219 g/mol. The topological polar surface area (TPSA) is 38.1 Å². The van der Waals surface area contributed by atoms with Gasteiger partial charge in [-0.1, -0.05) is 5.92 Å². The van der Waals surface area contributed by atoms with Gasteiger partial charge >= 0.3 is 0 Å². The molecular formula is C12H17N3O. The van der Waals surface area contributed by atoms with Crippen LogP contribution in [-0.4, -0.2) is 27.6 Å². The lowest BCUT2D eigenvalue weighted by Crippen LogP contribution is -2.24. The van der Waals surface area contributed by atoms with Crippen molar-refractivity contribution in [2.45, 2.75) is 33.9 Å². The number of hydrogen-bond acceptors (Lipinski definition) is 2. The molecule has 0 aliphatic heterocycles. The normalized spacial score (nSPS) is 9.50. The molecule has 0 N–H and O–H groups in total. The van der Waals surface area contributed by atoms with Gasteiger partial charge in [-0.2, -0.15) is 5.10 Å². The smallest absolute Gasteiger partial charge is 0.298 e. The van der Waals surface area contributed by atoms with Crippen LogP contribution < -0.4 is 0 Å². The van der Waals surface area contributed by atoms with Gasteiger partial charge in [-0.3, -0.25) is 9.48 Å². The van der Waals surface area contributed by atoms with Crippen LogP contribution >= 0.6 is 0 Å². The van der Waals surface area contributed by atoms with Crippen molar-refractivity contribution in [1.29, 1.82) is 0 Å². The number of aromatic nitrogens is 2. The summed E-state index contributed by atoms with van der Waals surface area (Å²) >= 11 is 0. The predicted octanol–water partition coefficient (Wildman–Crippen LogP) is 1.19. The highest BCUT2D eigenvalue weighted by Gasteiger charge is 2.10. The van der Waals surface area contributed by atoms with Crippen molar-refractivity contribution in [2.75, 3.05) is 7.05 Å². The SMILES string of the molecule is CC#CC(=O)N(C)Cc1cn(CC)nc1C. The molecule has 86 valence electrons. The molecule has 0 saturated heterocycles. The zero-order valence-corrected chi connectivity index (χ0v) is 10.2. The van der Waals surface area contributed by atoms with Crippen molar-refractivity contribution in [3.8, 4) is 11.8 Å². The molecule has 0 aliphatic carbocycles. The minimum atomic E-state index is -0.161. The van der Waals surface area contributed by atoms with E-state index in [2.05, 4.69) is 16.9 Å².